The summed E-state index contributed by atoms with van der Waals surface area (Å²) in [6.45, 7) is 2.59. The van der Waals surface area contributed by atoms with Crippen LogP contribution in [0.5, 0.6) is 0 Å². The van der Waals surface area contributed by atoms with Gasteiger partial charge in [0.15, 0.2) is 5.13 Å². The lowest BCUT2D eigenvalue weighted by Gasteiger charge is -2.34. The summed E-state index contributed by atoms with van der Waals surface area (Å²) in [7, 11) is 0. The predicted octanol–water partition coefficient (Wildman–Crippen LogP) is 1.61. The maximum absolute atomic E-state index is 13.7. The van der Waals surface area contributed by atoms with Crippen molar-refractivity contribution in [2.24, 2.45) is 0 Å². The van der Waals surface area contributed by atoms with Gasteiger partial charge in [0.1, 0.15) is 5.82 Å². The molecule has 1 aromatic heterocycles. The molecule has 25 heavy (non-hydrogen) atoms. The molecule has 1 N–H and O–H groups in total. The first kappa shape index (κ1) is 17.5. The Hall–Kier alpha value is -2.32. The van der Waals surface area contributed by atoms with Crippen molar-refractivity contribution in [2.75, 3.05) is 38.0 Å². The monoisotopic (exact) mass is 362 g/mol. The molecule has 0 spiro atoms. The average molecular weight is 362 g/mol. The van der Waals surface area contributed by atoms with Crippen molar-refractivity contribution >= 4 is 28.3 Å². The van der Waals surface area contributed by atoms with E-state index in [4.69, 9.17) is 0 Å². The third-order valence-electron chi connectivity index (χ3n) is 4.07. The minimum Gasteiger partial charge on any atom is -0.340 e. The maximum atomic E-state index is 13.7. The van der Waals surface area contributed by atoms with E-state index >= 15 is 0 Å². The van der Waals surface area contributed by atoms with Crippen LogP contribution in [0.2, 0.25) is 0 Å². The fourth-order valence-corrected chi connectivity index (χ4v) is 3.26. The van der Waals surface area contributed by atoms with Crippen LogP contribution in [-0.4, -0.2) is 59.3 Å². The average Bonchev–Trinajstić information content (AvgIpc) is 3.10. The van der Waals surface area contributed by atoms with Crippen molar-refractivity contribution < 1.29 is 14.0 Å². The van der Waals surface area contributed by atoms with Crippen molar-refractivity contribution in [3.63, 3.8) is 0 Å². The van der Waals surface area contributed by atoms with Crippen LogP contribution in [-0.2, 0) is 16.0 Å². The second-order valence-corrected chi connectivity index (χ2v) is 6.71. The predicted molar refractivity (Wildman–Crippen MR) is 93.9 cm³/mol. The molecular weight excluding hydrogens is 343 g/mol. The number of nitrogens with one attached hydrogen (secondary N) is 1. The maximum Gasteiger partial charge on any atom is 0.240 e. The molecule has 0 aliphatic carbocycles. The SMILES string of the molecule is O=C(CN1CCN(C(=O)Cc2ccccc2F)CC1)Nc1nccs1. The minimum atomic E-state index is -0.353. The molecule has 2 amide bonds. The van der Waals surface area contributed by atoms with E-state index in [1.165, 1.54) is 17.4 Å². The summed E-state index contributed by atoms with van der Waals surface area (Å²) >= 11 is 1.37. The van der Waals surface area contributed by atoms with Gasteiger partial charge >= 0.3 is 0 Å². The zero-order valence-electron chi connectivity index (χ0n) is 13.7. The smallest absolute Gasteiger partial charge is 0.240 e. The summed E-state index contributed by atoms with van der Waals surface area (Å²) in [6, 6.07) is 6.33. The Morgan fingerprint density at radius 3 is 2.64 bits per heavy atom. The molecule has 1 aliphatic rings. The van der Waals surface area contributed by atoms with E-state index in [-0.39, 0.29) is 30.6 Å². The van der Waals surface area contributed by atoms with Crippen molar-refractivity contribution in [3.8, 4) is 0 Å². The van der Waals surface area contributed by atoms with Gasteiger partial charge in [-0.3, -0.25) is 14.5 Å². The lowest BCUT2D eigenvalue weighted by atomic mass is 10.1. The summed E-state index contributed by atoms with van der Waals surface area (Å²) in [4.78, 5) is 32.0. The number of hydrogen-bond donors (Lipinski definition) is 1. The topological polar surface area (TPSA) is 65.5 Å². The number of carbonyl (C=O) groups is 2. The van der Waals surface area contributed by atoms with Gasteiger partial charge in [-0.05, 0) is 11.6 Å². The highest BCUT2D eigenvalue weighted by Crippen LogP contribution is 2.12. The lowest BCUT2D eigenvalue weighted by molar-refractivity contribution is -0.132. The molecule has 0 radical (unpaired) electrons. The number of aromatic nitrogens is 1. The van der Waals surface area contributed by atoms with E-state index in [9.17, 15) is 14.0 Å². The fourth-order valence-electron chi connectivity index (χ4n) is 2.72. The molecule has 0 atom stereocenters. The molecule has 1 saturated heterocycles. The molecular formula is C17H19FN4O2S. The Morgan fingerprint density at radius 2 is 1.96 bits per heavy atom. The molecule has 1 aliphatic heterocycles. The molecule has 8 heteroatoms. The third kappa shape index (κ3) is 4.83. The highest BCUT2D eigenvalue weighted by Gasteiger charge is 2.23. The number of thiazole rings is 1. The highest BCUT2D eigenvalue weighted by atomic mass is 32.1. The Kier molecular flexibility index (Phi) is 5.72. The molecule has 0 unspecified atom stereocenters. The van der Waals surface area contributed by atoms with E-state index in [0.717, 1.165) is 0 Å². The van der Waals surface area contributed by atoms with Crippen LogP contribution in [0.25, 0.3) is 0 Å². The number of carbonyl (C=O) groups excluding carboxylic acids is 2. The summed E-state index contributed by atoms with van der Waals surface area (Å²) in [6.07, 6.45) is 1.71. The Bertz CT molecular complexity index is 730. The molecule has 0 saturated carbocycles. The first-order valence-corrected chi connectivity index (χ1v) is 8.92. The van der Waals surface area contributed by atoms with Gasteiger partial charge < -0.3 is 10.2 Å². The van der Waals surface area contributed by atoms with E-state index in [1.54, 1.807) is 34.7 Å². The molecule has 0 bridgehead atoms. The summed E-state index contributed by atoms with van der Waals surface area (Å²) in [5.74, 6) is -0.550. The summed E-state index contributed by atoms with van der Waals surface area (Å²) in [5, 5.41) is 5.13. The minimum absolute atomic E-state index is 0.0667. The Balaban J connectivity index is 1.44. The largest absolute Gasteiger partial charge is 0.340 e. The first-order valence-electron chi connectivity index (χ1n) is 8.04. The third-order valence-corrected chi connectivity index (χ3v) is 4.76. The quantitative estimate of drug-likeness (QED) is 0.878. The van der Waals surface area contributed by atoms with Gasteiger partial charge in [-0.1, -0.05) is 18.2 Å². The van der Waals surface area contributed by atoms with Crippen molar-refractivity contribution in [3.05, 3.63) is 47.2 Å². The number of nitrogens with zero attached hydrogens (tertiary/aromatic N) is 3. The fraction of sp³-hybridized carbons (Fsp3) is 0.353. The van der Waals surface area contributed by atoms with Gasteiger partial charge in [-0.15, -0.1) is 11.3 Å². The molecule has 2 heterocycles. The number of benzene rings is 1. The summed E-state index contributed by atoms with van der Waals surface area (Å²) in [5.41, 5.74) is 0.415. The second kappa shape index (κ2) is 8.17. The van der Waals surface area contributed by atoms with Crippen LogP contribution >= 0.6 is 11.3 Å². The standard InChI is InChI=1S/C17H19FN4O2S/c18-14-4-2-1-3-13(14)11-16(24)22-8-6-21(7-9-22)12-15(23)20-17-19-5-10-25-17/h1-5,10H,6-9,11-12H2,(H,19,20,23). The van der Waals surface area contributed by atoms with Crippen molar-refractivity contribution in [1.29, 1.82) is 0 Å². The van der Waals surface area contributed by atoms with Gasteiger partial charge in [0.05, 0.1) is 13.0 Å². The zero-order chi connectivity index (χ0) is 17.6. The summed E-state index contributed by atoms with van der Waals surface area (Å²) < 4.78 is 13.7. The van der Waals surface area contributed by atoms with E-state index in [1.807, 2.05) is 4.90 Å². The molecule has 6 nitrogen and oxygen atoms in total. The molecule has 3 rings (SSSR count). The van der Waals surface area contributed by atoms with Crippen LogP contribution in [0.4, 0.5) is 9.52 Å². The number of anilines is 1. The van der Waals surface area contributed by atoms with E-state index < -0.39 is 0 Å². The highest BCUT2D eigenvalue weighted by molar-refractivity contribution is 7.13. The van der Waals surface area contributed by atoms with Gasteiger partial charge in [-0.25, -0.2) is 9.37 Å². The van der Waals surface area contributed by atoms with Crippen LogP contribution in [0.15, 0.2) is 35.8 Å². The lowest BCUT2D eigenvalue weighted by Crippen LogP contribution is -2.50. The van der Waals surface area contributed by atoms with E-state index in [0.29, 0.717) is 36.9 Å². The van der Waals surface area contributed by atoms with Crippen molar-refractivity contribution in [2.45, 2.75) is 6.42 Å². The van der Waals surface area contributed by atoms with Gasteiger partial charge in [-0.2, -0.15) is 0 Å². The van der Waals surface area contributed by atoms with Crippen LogP contribution in [0.3, 0.4) is 0 Å². The molecule has 1 fully saturated rings. The Morgan fingerprint density at radius 1 is 1.20 bits per heavy atom. The van der Waals surface area contributed by atoms with Crippen LogP contribution < -0.4 is 5.32 Å². The van der Waals surface area contributed by atoms with Gasteiger partial charge in [0.25, 0.3) is 0 Å². The van der Waals surface area contributed by atoms with Crippen molar-refractivity contribution in [1.82, 2.24) is 14.8 Å². The molecule has 132 valence electrons. The van der Waals surface area contributed by atoms with Crippen LogP contribution in [0, 0.1) is 5.82 Å². The molecule has 1 aromatic carbocycles. The number of halogens is 1. The number of piperazine rings is 1. The van der Waals surface area contributed by atoms with Gasteiger partial charge in [0, 0.05) is 37.8 Å². The Labute approximate surface area is 149 Å². The number of amides is 2. The first-order chi connectivity index (χ1) is 12.1. The number of hydrogen-bond acceptors (Lipinski definition) is 5. The van der Waals surface area contributed by atoms with Gasteiger partial charge in [0.2, 0.25) is 11.8 Å². The van der Waals surface area contributed by atoms with E-state index in [2.05, 4.69) is 10.3 Å². The second-order valence-electron chi connectivity index (χ2n) is 5.81. The normalized spacial score (nSPS) is 15.2. The zero-order valence-corrected chi connectivity index (χ0v) is 14.5. The molecule has 2 aromatic rings. The van der Waals surface area contributed by atoms with Crippen LogP contribution in [0.1, 0.15) is 5.56 Å². The number of rotatable bonds is 5.